The summed E-state index contributed by atoms with van der Waals surface area (Å²) >= 11 is 5.75. The van der Waals surface area contributed by atoms with Gasteiger partial charge in [0.1, 0.15) is 6.04 Å². The zero-order valence-electron chi connectivity index (χ0n) is 12.8. The van der Waals surface area contributed by atoms with Crippen molar-refractivity contribution in [2.24, 2.45) is 0 Å². The number of hydrogen-bond acceptors (Lipinski definition) is 3. The van der Waals surface area contributed by atoms with Gasteiger partial charge in [0, 0.05) is 30.0 Å². The third-order valence-corrected chi connectivity index (χ3v) is 3.32. The Morgan fingerprint density at radius 3 is 2.36 bits per heavy atom. The molecule has 2 N–H and O–H groups in total. The Balaban J connectivity index is 2.37. The first-order chi connectivity index (χ1) is 10.4. The maximum Gasteiger partial charge on any atom is 0.242 e. The van der Waals surface area contributed by atoms with Gasteiger partial charge in [0.05, 0.1) is 0 Å². The van der Waals surface area contributed by atoms with Crippen molar-refractivity contribution in [3.8, 4) is 0 Å². The topological polar surface area (TPSA) is 75.3 Å². The molecule has 6 heteroatoms. The zero-order chi connectivity index (χ0) is 16.5. The summed E-state index contributed by atoms with van der Waals surface area (Å²) < 4.78 is 0. The molecule has 1 atom stereocenters. The molecule has 0 aliphatic heterocycles. The zero-order valence-corrected chi connectivity index (χ0v) is 13.6. The number of carbonyl (C=O) groups excluding carboxylic acids is 3. The maximum atomic E-state index is 11.9. The molecular weight excluding hydrogens is 304 g/mol. The van der Waals surface area contributed by atoms with Crippen LogP contribution in [-0.2, 0) is 9.59 Å². The fourth-order valence-corrected chi connectivity index (χ4v) is 1.91. The lowest BCUT2D eigenvalue weighted by Crippen LogP contribution is -2.45. The molecule has 1 aromatic carbocycles. The number of amides is 2. The van der Waals surface area contributed by atoms with Crippen LogP contribution in [0.25, 0.3) is 0 Å². The molecule has 1 rings (SSSR count). The molecule has 22 heavy (non-hydrogen) atoms. The van der Waals surface area contributed by atoms with Gasteiger partial charge in [0.2, 0.25) is 11.8 Å². The van der Waals surface area contributed by atoms with Crippen LogP contribution in [0.3, 0.4) is 0 Å². The van der Waals surface area contributed by atoms with E-state index >= 15 is 0 Å². The summed E-state index contributed by atoms with van der Waals surface area (Å²) in [6, 6.07) is 5.92. The Hall–Kier alpha value is -1.88. The molecule has 0 aliphatic carbocycles. The summed E-state index contributed by atoms with van der Waals surface area (Å²) in [4.78, 5) is 35.3. The minimum absolute atomic E-state index is 0.0485. The van der Waals surface area contributed by atoms with Gasteiger partial charge in [-0.25, -0.2) is 0 Å². The number of halogens is 1. The predicted octanol–water partition coefficient (Wildman–Crippen LogP) is 2.33. The van der Waals surface area contributed by atoms with E-state index in [2.05, 4.69) is 10.6 Å². The van der Waals surface area contributed by atoms with Crippen LogP contribution >= 0.6 is 11.6 Å². The van der Waals surface area contributed by atoms with E-state index in [0.29, 0.717) is 17.1 Å². The number of hydrogen-bond donors (Lipinski definition) is 2. The second-order valence-corrected chi connectivity index (χ2v) is 5.45. The van der Waals surface area contributed by atoms with Crippen molar-refractivity contribution in [2.45, 2.75) is 39.2 Å². The molecule has 120 valence electrons. The largest absolute Gasteiger partial charge is 0.354 e. The van der Waals surface area contributed by atoms with Crippen LogP contribution in [-0.4, -0.2) is 30.2 Å². The molecule has 0 unspecified atom stereocenters. The van der Waals surface area contributed by atoms with E-state index in [1.165, 1.54) is 0 Å². The molecule has 0 aromatic heterocycles. The summed E-state index contributed by atoms with van der Waals surface area (Å²) in [5.41, 5.74) is 0.519. The lowest BCUT2D eigenvalue weighted by atomic mass is 10.1. The van der Waals surface area contributed by atoms with E-state index in [0.717, 1.165) is 6.42 Å². The highest BCUT2D eigenvalue weighted by Gasteiger charge is 2.16. The molecule has 0 radical (unpaired) electrons. The Kier molecular flexibility index (Phi) is 7.60. The van der Waals surface area contributed by atoms with Crippen molar-refractivity contribution in [1.82, 2.24) is 10.6 Å². The first-order valence-corrected chi connectivity index (χ1v) is 7.67. The summed E-state index contributed by atoms with van der Waals surface area (Å²) in [6.07, 6.45) is 0.978. The molecule has 0 bridgehead atoms. The van der Waals surface area contributed by atoms with Gasteiger partial charge < -0.3 is 10.6 Å². The smallest absolute Gasteiger partial charge is 0.242 e. The minimum Gasteiger partial charge on any atom is -0.354 e. The van der Waals surface area contributed by atoms with Gasteiger partial charge in [-0.15, -0.1) is 0 Å². The summed E-state index contributed by atoms with van der Waals surface area (Å²) in [5, 5.41) is 5.84. The lowest BCUT2D eigenvalue weighted by molar-refractivity contribution is -0.128. The highest BCUT2D eigenvalue weighted by atomic mass is 35.5. The number of nitrogens with one attached hydrogen (secondary N) is 2. The van der Waals surface area contributed by atoms with Crippen LogP contribution in [0.5, 0.6) is 0 Å². The second-order valence-electron chi connectivity index (χ2n) is 5.01. The first-order valence-electron chi connectivity index (χ1n) is 7.30. The molecular formula is C16H21ClN2O3. The molecule has 0 saturated heterocycles. The minimum atomic E-state index is -0.607. The molecule has 0 spiro atoms. The summed E-state index contributed by atoms with van der Waals surface area (Å²) in [6.45, 7) is 4.14. The molecule has 5 nitrogen and oxygen atoms in total. The van der Waals surface area contributed by atoms with Gasteiger partial charge in [-0.3, -0.25) is 14.4 Å². The number of Topliss-reactive ketones (excluding diaryl/α,β-unsaturated/α-hetero) is 1. The van der Waals surface area contributed by atoms with E-state index in [1.807, 2.05) is 6.92 Å². The van der Waals surface area contributed by atoms with Gasteiger partial charge >= 0.3 is 0 Å². The Morgan fingerprint density at radius 2 is 1.77 bits per heavy atom. The van der Waals surface area contributed by atoms with Crippen LogP contribution in [0, 0.1) is 0 Å². The molecule has 0 fully saturated rings. The Bertz CT molecular complexity index is 529. The lowest BCUT2D eigenvalue weighted by Gasteiger charge is -2.13. The highest BCUT2D eigenvalue weighted by Crippen LogP contribution is 2.11. The monoisotopic (exact) mass is 324 g/mol. The van der Waals surface area contributed by atoms with Gasteiger partial charge in [0.25, 0.3) is 0 Å². The third kappa shape index (κ3) is 6.26. The van der Waals surface area contributed by atoms with E-state index in [-0.39, 0.29) is 30.4 Å². The number of ketones is 1. The van der Waals surface area contributed by atoms with Crippen molar-refractivity contribution in [1.29, 1.82) is 0 Å². The number of rotatable bonds is 8. The van der Waals surface area contributed by atoms with Crippen LogP contribution < -0.4 is 10.6 Å². The van der Waals surface area contributed by atoms with E-state index < -0.39 is 6.04 Å². The number of carbonyl (C=O) groups is 3. The van der Waals surface area contributed by atoms with Crippen molar-refractivity contribution in [2.75, 3.05) is 6.54 Å². The Morgan fingerprint density at radius 1 is 1.14 bits per heavy atom. The highest BCUT2D eigenvalue weighted by molar-refractivity contribution is 6.30. The van der Waals surface area contributed by atoms with Crippen LogP contribution in [0.4, 0.5) is 0 Å². The fourth-order valence-electron chi connectivity index (χ4n) is 1.79. The molecule has 0 aliphatic rings. The number of benzene rings is 1. The van der Waals surface area contributed by atoms with Crippen LogP contribution in [0.1, 0.15) is 43.5 Å². The average Bonchev–Trinajstić information content (AvgIpc) is 2.50. The normalized spacial score (nSPS) is 11.6. The average molecular weight is 325 g/mol. The van der Waals surface area contributed by atoms with E-state index in [4.69, 9.17) is 11.6 Å². The molecule has 0 heterocycles. The van der Waals surface area contributed by atoms with Crippen LogP contribution in [0.15, 0.2) is 24.3 Å². The van der Waals surface area contributed by atoms with Gasteiger partial charge in [0.15, 0.2) is 5.78 Å². The molecule has 0 saturated carbocycles. The van der Waals surface area contributed by atoms with Crippen molar-refractivity contribution < 1.29 is 14.4 Å². The molecule has 1 aromatic rings. The van der Waals surface area contributed by atoms with Gasteiger partial charge in [-0.1, -0.05) is 18.5 Å². The van der Waals surface area contributed by atoms with E-state index in [9.17, 15) is 14.4 Å². The summed E-state index contributed by atoms with van der Waals surface area (Å²) in [5.74, 6) is -0.671. The van der Waals surface area contributed by atoms with E-state index in [1.54, 1.807) is 31.2 Å². The fraction of sp³-hybridized carbons (Fsp3) is 0.438. The summed E-state index contributed by atoms with van der Waals surface area (Å²) in [7, 11) is 0. The van der Waals surface area contributed by atoms with Gasteiger partial charge in [-0.2, -0.15) is 0 Å². The first kappa shape index (κ1) is 18.2. The quantitative estimate of drug-likeness (QED) is 0.721. The van der Waals surface area contributed by atoms with Crippen LogP contribution in [0.2, 0.25) is 5.02 Å². The standard InChI is InChI=1S/C16H21ClN2O3/c1-3-10-18-16(22)11(2)19-15(21)9-8-14(20)12-4-6-13(17)7-5-12/h4-7,11H,3,8-10H2,1-2H3,(H,18,22)(H,19,21)/t11-/m0/s1. The maximum absolute atomic E-state index is 11.9. The second kappa shape index (κ2) is 9.20. The predicted molar refractivity (Wildman–Crippen MR) is 85.9 cm³/mol. The SMILES string of the molecule is CCCNC(=O)[C@H](C)NC(=O)CCC(=O)c1ccc(Cl)cc1. The van der Waals surface area contributed by atoms with Crippen molar-refractivity contribution in [3.63, 3.8) is 0 Å². The van der Waals surface area contributed by atoms with Crippen molar-refractivity contribution in [3.05, 3.63) is 34.9 Å². The van der Waals surface area contributed by atoms with Gasteiger partial charge in [-0.05, 0) is 37.6 Å². The third-order valence-electron chi connectivity index (χ3n) is 3.07. The van der Waals surface area contributed by atoms with Crippen molar-refractivity contribution >= 4 is 29.2 Å². The Labute approximate surface area is 135 Å². The molecule has 2 amide bonds.